The highest BCUT2D eigenvalue weighted by atomic mass is 79.9. The van der Waals surface area contributed by atoms with Crippen LogP contribution in [0.15, 0.2) is 34.8 Å². The molecule has 0 fully saturated rings. The van der Waals surface area contributed by atoms with E-state index in [2.05, 4.69) is 15.9 Å². The number of thiophene rings is 1. The molecule has 0 saturated carbocycles. The molecule has 0 aliphatic carbocycles. The van der Waals surface area contributed by atoms with Gasteiger partial charge in [-0.15, -0.1) is 22.9 Å². The number of benzene rings is 1. The Hall–Kier alpha value is -0.520. The molecule has 1 aromatic carbocycles. The highest BCUT2D eigenvalue weighted by molar-refractivity contribution is 9.10. The zero-order chi connectivity index (χ0) is 14.2. The number of alkyl halides is 4. The molecule has 0 nitrogen and oxygen atoms in total. The summed E-state index contributed by atoms with van der Waals surface area (Å²) in [6.45, 7) is 1.95. The lowest BCUT2D eigenvalue weighted by molar-refractivity contribution is -0.137. The molecule has 2 aromatic rings. The summed E-state index contributed by atoms with van der Waals surface area (Å²) >= 11 is 11.2. The predicted octanol–water partition coefficient (Wildman–Crippen LogP) is 6.17. The summed E-state index contributed by atoms with van der Waals surface area (Å²) in [6, 6.07) is 6.85. The normalized spacial score (nSPS) is 13.6. The second-order valence-electron chi connectivity index (χ2n) is 4.04. The molecule has 0 aliphatic rings. The van der Waals surface area contributed by atoms with Gasteiger partial charge in [0.15, 0.2) is 0 Å². The van der Waals surface area contributed by atoms with Crippen molar-refractivity contribution >= 4 is 38.9 Å². The van der Waals surface area contributed by atoms with Crippen LogP contribution in [0, 0.1) is 6.92 Å². The van der Waals surface area contributed by atoms with Crippen LogP contribution < -0.4 is 0 Å². The summed E-state index contributed by atoms with van der Waals surface area (Å²) in [5.41, 5.74) is -0.00734. The second-order valence-corrected chi connectivity index (χ2v) is 6.61. The van der Waals surface area contributed by atoms with Gasteiger partial charge in [0.2, 0.25) is 0 Å². The van der Waals surface area contributed by atoms with Gasteiger partial charge in [-0.1, -0.05) is 12.1 Å². The first-order valence-corrected chi connectivity index (χ1v) is 7.40. The van der Waals surface area contributed by atoms with Crippen LogP contribution in [0.4, 0.5) is 13.2 Å². The molecular weight excluding hydrogens is 361 g/mol. The van der Waals surface area contributed by atoms with E-state index >= 15 is 0 Å². The minimum absolute atomic E-state index is 0.433. The van der Waals surface area contributed by atoms with Crippen LogP contribution in [-0.4, -0.2) is 0 Å². The van der Waals surface area contributed by atoms with Gasteiger partial charge in [-0.2, -0.15) is 13.2 Å². The average Bonchev–Trinajstić information content (AvgIpc) is 2.68. The van der Waals surface area contributed by atoms with E-state index in [9.17, 15) is 13.2 Å². The van der Waals surface area contributed by atoms with Crippen molar-refractivity contribution in [2.45, 2.75) is 18.5 Å². The maximum atomic E-state index is 12.5. The highest BCUT2D eigenvalue weighted by Crippen LogP contribution is 2.38. The van der Waals surface area contributed by atoms with E-state index in [1.807, 2.05) is 13.0 Å². The third kappa shape index (κ3) is 3.33. The molecule has 102 valence electrons. The lowest BCUT2D eigenvalue weighted by atomic mass is 10.1. The Kier molecular flexibility index (Phi) is 4.28. The third-order valence-corrected chi connectivity index (χ3v) is 5.47. The van der Waals surface area contributed by atoms with Gasteiger partial charge < -0.3 is 0 Å². The highest BCUT2D eigenvalue weighted by Gasteiger charge is 2.30. The van der Waals surface area contributed by atoms with Gasteiger partial charge in [-0.05, 0) is 46.6 Å². The van der Waals surface area contributed by atoms with E-state index in [1.54, 1.807) is 0 Å². The topological polar surface area (TPSA) is 0 Å². The van der Waals surface area contributed by atoms with E-state index in [1.165, 1.54) is 23.5 Å². The number of halogens is 5. The summed E-state index contributed by atoms with van der Waals surface area (Å²) in [5.74, 6) is 0. The zero-order valence-electron chi connectivity index (χ0n) is 9.76. The molecule has 0 spiro atoms. The van der Waals surface area contributed by atoms with E-state index in [4.69, 9.17) is 11.6 Å². The molecule has 0 radical (unpaired) electrons. The van der Waals surface area contributed by atoms with Crippen molar-refractivity contribution in [1.29, 1.82) is 0 Å². The van der Waals surface area contributed by atoms with Crippen molar-refractivity contribution in [1.82, 2.24) is 0 Å². The molecule has 6 heteroatoms. The van der Waals surface area contributed by atoms with Crippen molar-refractivity contribution in [3.05, 3.63) is 55.7 Å². The van der Waals surface area contributed by atoms with E-state index in [0.717, 1.165) is 26.4 Å². The van der Waals surface area contributed by atoms with Gasteiger partial charge in [0.1, 0.15) is 0 Å². The number of rotatable bonds is 2. The van der Waals surface area contributed by atoms with Crippen molar-refractivity contribution in [2.24, 2.45) is 0 Å². The summed E-state index contributed by atoms with van der Waals surface area (Å²) in [4.78, 5) is 2.00. The molecule has 0 aliphatic heterocycles. The lowest BCUT2D eigenvalue weighted by Crippen LogP contribution is -2.04. The molecule has 0 N–H and O–H groups in total. The molecule has 2 rings (SSSR count). The summed E-state index contributed by atoms with van der Waals surface area (Å²) in [6.07, 6.45) is -4.32. The lowest BCUT2D eigenvalue weighted by Gasteiger charge is -2.10. The zero-order valence-corrected chi connectivity index (χ0v) is 12.9. The van der Waals surface area contributed by atoms with Crippen molar-refractivity contribution in [2.75, 3.05) is 0 Å². The second kappa shape index (κ2) is 5.46. The van der Waals surface area contributed by atoms with Gasteiger partial charge in [-0.25, -0.2) is 0 Å². The summed E-state index contributed by atoms with van der Waals surface area (Å²) in [7, 11) is 0. The Labute approximate surface area is 126 Å². The van der Waals surface area contributed by atoms with E-state index < -0.39 is 17.1 Å². The van der Waals surface area contributed by atoms with E-state index in [-0.39, 0.29) is 0 Å². The van der Waals surface area contributed by atoms with Crippen molar-refractivity contribution in [3.63, 3.8) is 0 Å². The first kappa shape index (κ1) is 14.9. The molecule has 1 aromatic heterocycles. The van der Waals surface area contributed by atoms with Gasteiger partial charge in [0, 0.05) is 14.2 Å². The van der Waals surface area contributed by atoms with Gasteiger partial charge in [0.05, 0.1) is 10.9 Å². The van der Waals surface area contributed by atoms with Gasteiger partial charge in [0.25, 0.3) is 0 Å². The van der Waals surface area contributed by atoms with Crippen molar-refractivity contribution < 1.29 is 13.2 Å². The molecule has 1 atom stereocenters. The Morgan fingerprint density at radius 1 is 1.21 bits per heavy atom. The molecule has 1 heterocycles. The molecule has 0 bridgehead atoms. The van der Waals surface area contributed by atoms with Crippen LogP contribution in [0.5, 0.6) is 0 Å². The maximum absolute atomic E-state index is 12.5. The fraction of sp³-hybridized carbons (Fsp3) is 0.231. The molecule has 19 heavy (non-hydrogen) atoms. The minimum atomic E-state index is -4.32. The maximum Gasteiger partial charge on any atom is 0.416 e. The number of hydrogen-bond donors (Lipinski definition) is 0. The quantitative estimate of drug-likeness (QED) is 0.556. The first-order valence-electron chi connectivity index (χ1n) is 5.36. The smallest absolute Gasteiger partial charge is 0.166 e. The molecule has 1 unspecified atom stereocenters. The van der Waals surface area contributed by atoms with Gasteiger partial charge in [-0.3, -0.25) is 0 Å². The standard InChI is InChI=1S/C13H9BrClF3S/c1-7-10(14)6-11(19-7)12(15)8-2-4-9(5-3-8)13(16,17)18/h2-6,12H,1H3. The third-order valence-electron chi connectivity index (χ3n) is 2.66. The Bertz CT molecular complexity index is 555. The predicted molar refractivity (Wildman–Crippen MR) is 75.9 cm³/mol. The first-order chi connectivity index (χ1) is 8.79. The summed E-state index contributed by atoms with van der Waals surface area (Å²) in [5, 5.41) is -0.433. The Morgan fingerprint density at radius 2 is 1.79 bits per heavy atom. The van der Waals surface area contributed by atoms with E-state index in [0.29, 0.717) is 5.56 Å². The monoisotopic (exact) mass is 368 g/mol. The van der Waals surface area contributed by atoms with Crippen LogP contribution >= 0.6 is 38.9 Å². The summed E-state index contributed by atoms with van der Waals surface area (Å²) < 4.78 is 38.4. The molecule has 0 amide bonds. The van der Waals surface area contributed by atoms with Crippen molar-refractivity contribution in [3.8, 4) is 0 Å². The number of hydrogen-bond acceptors (Lipinski definition) is 1. The Morgan fingerprint density at radius 3 is 2.21 bits per heavy atom. The van der Waals surface area contributed by atoms with Crippen LogP contribution in [0.2, 0.25) is 0 Å². The number of aryl methyl sites for hydroxylation is 1. The largest absolute Gasteiger partial charge is 0.416 e. The minimum Gasteiger partial charge on any atom is -0.166 e. The van der Waals surface area contributed by atoms with Crippen LogP contribution in [-0.2, 0) is 6.18 Å². The fourth-order valence-electron chi connectivity index (χ4n) is 1.61. The average molecular weight is 370 g/mol. The SMILES string of the molecule is Cc1sc(C(Cl)c2ccc(C(F)(F)F)cc2)cc1Br. The van der Waals surface area contributed by atoms with Gasteiger partial charge >= 0.3 is 6.18 Å². The Balaban J connectivity index is 2.27. The van der Waals surface area contributed by atoms with Crippen LogP contribution in [0.25, 0.3) is 0 Å². The van der Waals surface area contributed by atoms with Crippen LogP contribution in [0.1, 0.15) is 26.3 Å². The van der Waals surface area contributed by atoms with Crippen LogP contribution in [0.3, 0.4) is 0 Å². The molecule has 0 saturated heterocycles. The fourth-order valence-corrected chi connectivity index (χ4v) is 3.52. The molecular formula is C13H9BrClF3S.